The van der Waals surface area contributed by atoms with Crippen molar-refractivity contribution in [3.05, 3.63) is 0 Å². The highest BCUT2D eigenvalue weighted by Crippen LogP contribution is 2.49. The van der Waals surface area contributed by atoms with E-state index in [9.17, 15) is 4.79 Å². The van der Waals surface area contributed by atoms with E-state index in [1.807, 2.05) is 11.9 Å². The molecule has 2 aliphatic rings. The Morgan fingerprint density at radius 3 is 2.50 bits per heavy atom. The molecule has 0 spiro atoms. The maximum Gasteiger partial charge on any atom is 0.222 e. The Morgan fingerprint density at radius 2 is 2.06 bits per heavy atom. The molecule has 2 aliphatic carbocycles. The summed E-state index contributed by atoms with van der Waals surface area (Å²) in [6.07, 6.45) is 6.58. The maximum atomic E-state index is 12.2. The molecular formula is C14H27ClN2O. The van der Waals surface area contributed by atoms with Gasteiger partial charge in [-0.25, -0.2) is 0 Å². The quantitative estimate of drug-likeness (QED) is 0.856. The molecule has 4 heteroatoms. The summed E-state index contributed by atoms with van der Waals surface area (Å²) in [7, 11) is 1.96. The molecular weight excluding hydrogens is 248 g/mol. The Balaban J connectivity index is 0.00000162. The predicted octanol–water partition coefficient (Wildman–Crippen LogP) is 2.57. The summed E-state index contributed by atoms with van der Waals surface area (Å²) in [5.74, 6) is 0.706. The number of nitrogens with zero attached hydrogens (tertiary/aromatic N) is 1. The molecule has 106 valence electrons. The third-order valence-electron chi connectivity index (χ3n) is 5.18. The van der Waals surface area contributed by atoms with Gasteiger partial charge in [0.05, 0.1) is 0 Å². The minimum Gasteiger partial charge on any atom is -0.343 e. The molecule has 2 rings (SSSR count). The van der Waals surface area contributed by atoms with Gasteiger partial charge in [0.2, 0.25) is 5.91 Å². The van der Waals surface area contributed by atoms with Gasteiger partial charge < -0.3 is 10.6 Å². The second kappa shape index (κ2) is 5.79. The molecule has 0 aromatic heterocycles. The van der Waals surface area contributed by atoms with Crippen molar-refractivity contribution in [3.63, 3.8) is 0 Å². The lowest BCUT2D eigenvalue weighted by atomic mass is 9.96. The maximum absolute atomic E-state index is 12.2. The van der Waals surface area contributed by atoms with E-state index >= 15 is 0 Å². The lowest BCUT2D eigenvalue weighted by molar-refractivity contribution is -0.134. The smallest absolute Gasteiger partial charge is 0.222 e. The summed E-state index contributed by atoms with van der Waals surface area (Å²) in [5.41, 5.74) is 6.41. The number of amides is 1. The summed E-state index contributed by atoms with van der Waals surface area (Å²) < 4.78 is 0. The molecule has 0 heterocycles. The van der Waals surface area contributed by atoms with Crippen molar-refractivity contribution < 1.29 is 4.79 Å². The van der Waals surface area contributed by atoms with Crippen LogP contribution in [-0.4, -0.2) is 29.9 Å². The number of rotatable bonds is 4. The summed E-state index contributed by atoms with van der Waals surface area (Å²) in [6, 6.07) is 0.617. The Labute approximate surface area is 117 Å². The average Bonchev–Trinajstić information content (AvgIpc) is 2.93. The van der Waals surface area contributed by atoms with Crippen LogP contribution in [0.2, 0.25) is 0 Å². The van der Waals surface area contributed by atoms with E-state index in [2.05, 4.69) is 13.8 Å². The number of nitrogens with two attached hydrogens (primary N) is 1. The van der Waals surface area contributed by atoms with Crippen molar-refractivity contribution >= 4 is 18.3 Å². The zero-order valence-electron chi connectivity index (χ0n) is 11.8. The molecule has 2 N–H and O–H groups in total. The average molecular weight is 275 g/mol. The summed E-state index contributed by atoms with van der Waals surface area (Å²) in [6.45, 7) is 4.46. The molecule has 2 fully saturated rings. The minimum atomic E-state index is 0. The van der Waals surface area contributed by atoms with Crippen LogP contribution in [0.4, 0.5) is 0 Å². The van der Waals surface area contributed by atoms with Gasteiger partial charge in [-0.15, -0.1) is 12.4 Å². The first kappa shape index (κ1) is 15.8. The van der Waals surface area contributed by atoms with Gasteiger partial charge in [-0.3, -0.25) is 4.79 Å². The van der Waals surface area contributed by atoms with Gasteiger partial charge in [0.1, 0.15) is 0 Å². The van der Waals surface area contributed by atoms with Gasteiger partial charge in [0.25, 0.3) is 0 Å². The van der Waals surface area contributed by atoms with Crippen molar-refractivity contribution in [1.29, 1.82) is 0 Å². The van der Waals surface area contributed by atoms with Crippen LogP contribution in [0.5, 0.6) is 0 Å². The molecule has 0 saturated heterocycles. The number of hydrogen-bond acceptors (Lipinski definition) is 2. The third kappa shape index (κ3) is 3.18. The summed E-state index contributed by atoms with van der Waals surface area (Å²) in [4.78, 5) is 14.2. The number of halogens is 1. The van der Waals surface area contributed by atoms with Gasteiger partial charge in [-0.05, 0) is 43.9 Å². The van der Waals surface area contributed by atoms with Crippen LogP contribution in [0.3, 0.4) is 0 Å². The van der Waals surface area contributed by atoms with Gasteiger partial charge in [-0.2, -0.15) is 0 Å². The van der Waals surface area contributed by atoms with E-state index in [0.29, 0.717) is 23.8 Å². The van der Waals surface area contributed by atoms with Crippen LogP contribution in [0, 0.1) is 11.3 Å². The first-order valence-electron chi connectivity index (χ1n) is 6.95. The molecule has 3 nitrogen and oxygen atoms in total. The Kier molecular flexibility index (Phi) is 5.07. The predicted molar refractivity (Wildman–Crippen MR) is 76.8 cm³/mol. The topological polar surface area (TPSA) is 46.3 Å². The Hall–Kier alpha value is -0.280. The standard InChI is InChI=1S/C14H26N2O.ClH/c1-10(14(2)7-8-14)16(3)13(17)9-11-5-4-6-12(11)15;/h10-12H,4-9,15H2,1-3H3;1H/t10?,11-,12+;/m0./s1. The van der Waals surface area contributed by atoms with E-state index in [0.717, 1.165) is 12.8 Å². The van der Waals surface area contributed by atoms with E-state index in [1.54, 1.807) is 0 Å². The minimum absolute atomic E-state index is 0. The van der Waals surface area contributed by atoms with Crippen LogP contribution in [-0.2, 0) is 4.79 Å². The van der Waals surface area contributed by atoms with Crippen LogP contribution < -0.4 is 5.73 Å². The number of carbonyl (C=O) groups excluding carboxylic acids is 1. The lowest BCUT2D eigenvalue weighted by Gasteiger charge is -2.31. The van der Waals surface area contributed by atoms with E-state index in [4.69, 9.17) is 5.73 Å². The highest BCUT2D eigenvalue weighted by molar-refractivity contribution is 5.85. The number of carbonyl (C=O) groups is 1. The molecule has 0 radical (unpaired) electrons. The second-order valence-corrected chi connectivity index (χ2v) is 6.39. The SMILES string of the molecule is CC(N(C)C(=O)C[C@@H]1CCC[C@H]1N)C1(C)CC1.Cl. The normalized spacial score (nSPS) is 30.4. The summed E-state index contributed by atoms with van der Waals surface area (Å²) >= 11 is 0. The van der Waals surface area contributed by atoms with E-state index in [1.165, 1.54) is 19.3 Å². The van der Waals surface area contributed by atoms with Crippen LogP contribution in [0.1, 0.15) is 52.4 Å². The molecule has 2 saturated carbocycles. The molecule has 1 amide bonds. The molecule has 18 heavy (non-hydrogen) atoms. The first-order valence-corrected chi connectivity index (χ1v) is 6.95. The number of hydrogen-bond donors (Lipinski definition) is 1. The van der Waals surface area contributed by atoms with Gasteiger partial charge >= 0.3 is 0 Å². The van der Waals surface area contributed by atoms with Crippen molar-refractivity contribution in [3.8, 4) is 0 Å². The van der Waals surface area contributed by atoms with Crippen LogP contribution in [0.15, 0.2) is 0 Å². The highest BCUT2D eigenvalue weighted by Gasteiger charge is 2.45. The van der Waals surface area contributed by atoms with E-state index in [-0.39, 0.29) is 24.4 Å². The third-order valence-corrected chi connectivity index (χ3v) is 5.18. The van der Waals surface area contributed by atoms with Crippen molar-refractivity contribution in [2.24, 2.45) is 17.1 Å². The fraction of sp³-hybridized carbons (Fsp3) is 0.929. The van der Waals surface area contributed by atoms with Crippen molar-refractivity contribution in [1.82, 2.24) is 4.90 Å². The van der Waals surface area contributed by atoms with Crippen molar-refractivity contribution in [2.75, 3.05) is 7.05 Å². The molecule has 0 aliphatic heterocycles. The summed E-state index contributed by atoms with van der Waals surface area (Å²) in [5, 5.41) is 0. The monoisotopic (exact) mass is 274 g/mol. The zero-order valence-corrected chi connectivity index (χ0v) is 12.6. The highest BCUT2D eigenvalue weighted by atomic mass is 35.5. The van der Waals surface area contributed by atoms with Gasteiger partial charge in [0.15, 0.2) is 0 Å². The largest absolute Gasteiger partial charge is 0.343 e. The van der Waals surface area contributed by atoms with Crippen LogP contribution >= 0.6 is 12.4 Å². The van der Waals surface area contributed by atoms with Gasteiger partial charge in [0, 0.05) is 25.6 Å². The van der Waals surface area contributed by atoms with Gasteiger partial charge in [-0.1, -0.05) is 13.3 Å². The van der Waals surface area contributed by atoms with Crippen molar-refractivity contribution in [2.45, 2.75) is 64.5 Å². The van der Waals surface area contributed by atoms with Crippen LogP contribution in [0.25, 0.3) is 0 Å². The molecule has 0 bridgehead atoms. The second-order valence-electron chi connectivity index (χ2n) is 6.39. The zero-order chi connectivity index (χ0) is 12.6. The molecule has 0 aromatic rings. The fourth-order valence-electron chi connectivity index (χ4n) is 2.99. The molecule has 0 aromatic carbocycles. The Morgan fingerprint density at radius 1 is 1.44 bits per heavy atom. The molecule has 3 atom stereocenters. The lowest BCUT2D eigenvalue weighted by Crippen LogP contribution is -2.41. The fourth-order valence-corrected chi connectivity index (χ4v) is 2.99. The van der Waals surface area contributed by atoms with E-state index < -0.39 is 0 Å². The Bertz CT molecular complexity index is 304. The molecule has 1 unspecified atom stereocenters. The first-order chi connectivity index (χ1) is 7.94.